The predicted molar refractivity (Wildman–Crippen MR) is 131 cm³/mol. The number of carbonyl (C=O) groups is 1. The fourth-order valence-electron chi connectivity index (χ4n) is 5.95. The Balaban J connectivity index is 1.50. The number of rotatable bonds is 10. The molecule has 3 aliphatic rings. The summed E-state index contributed by atoms with van der Waals surface area (Å²) >= 11 is 0. The highest BCUT2D eigenvalue weighted by Crippen LogP contribution is 2.61. The lowest BCUT2D eigenvalue weighted by Gasteiger charge is -2.46. The van der Waals surface area contributed by atoms with Crippen molar-refractivity contribution >= 4 is 12.0 Å². The monoisotopic (exact) mass is 472 g/mol. The van der Waals surface area contributed by atoms with Crippen LogP contribution in [0, 0.1) is 17.8 Å². The average Bonchev–Trinajstić information content (AvgIpc) is 3.74. The standard InChI is InChI=1S/C28H40O6/c1-7-20-16-28(17-32-28)26(27(4)22(34-27)13-11-18(2)3)25(31-6)24(20)33-23(29)14-12-19-9-8-10-21(15-19)30-5/h8-10,12,14-15,18,20,22,24-26H,7,11,13,16-17H2,1-6H3/t20?,22-,24?,25?,26?,27+,28?/m1/s1. The average molecular weight is 473 g/mol. The Hall–Kier alpha value is -1.89. The summed E-state index contributed by atoms with van der Waals surface area (Å²) < 4.78 is 29.9. The minimum atomic E-state index is -0.363. The molecular formula is C28H40O6. The summed E-state index contributed by atoms with van der Waals surface area (Å²) in [5.41, 5.74) is 0.332. The molecule has 5 unspecified atom stereocenters. The molecule has 1 aromatic carbocycles. The van der Waals surface area contributed by atoms with Crippen LogP contribution in [0.3, 0.4) is 0 Å². The Morgan fingerprint density at radius 3 is 2.65 bits per heavy atom. The van der Waals surface area contributed by atoms with Crippen molar-refractivity contribution in [3.05, 3.63) is 35.9 Å². The summed E-state index contributed by atoms with van der Waals surface area (Å²) in [4.78, 5) is 12.9. The Morgan fingerprint density at radius 2 is 2.03 bits per heavy atom. The fourth-order valence-corrected chi connectivity index (χ4v) is 5.95. The molecule has 0 radical (unpaired) electrons. The Labute approximate surface area is 203 Å². The van der Waals surface area contributed by atoms with Gasteiger partial charge in [0.2, 0.25) is 0 Å². The normalized spacial score (nSPS) is 36.7. The molecule has 3 fully saturated rings. The third-order valence-corrected chi connectivity index (χ3v) is 7.96. The minimum absolute atomic E-state index is 0.0325. The van der Waals surface area contributed by atoms with Gasteiger partial charge in [0, 0.05) is 19.1 Å². The van der Waals surface area contributed by atoms with Crippen LogP contribution in [0.2, 0.25) is 0 Å². The van der Waals surface area contributed by atoms with Crippen LogP contribution in [0.5, 0.6) is 5.75 Å². The second kappa shape index (κ2) is 10.00. The fraction of sp³-hybridized carbons (Fsp3) is 0.679. The minimum Gasteiger partial charge on any atom is -0.497 e. The zero-order valence-electron chi connectivity index (χ0n) is 21.4. The van der Waals surface area contributed by atoms with Crippen LogP contribution >= 0.6 is 0 Å². The highest BCUT2D eigenvalue weighted by Gasteiger charge is 2.73. The van der Waals surface area contributed by atoms with Crippen LogP contribution in [-0.2, 0) is 23.7 Å². The van der Waals surface area contributed by atoms with Gasteiger partial charge in [-0.05, 0) is 62.3 Å². The molecule has 0 bridgehead atoms. The second-order valence-corrected chi connectivity index (χ2v) is 10.7. The van der Waals surface area contributed by atoms with E-state index in [0.29, 0.717) is 5.92 Å². The molecule has 188 valence electrons. The summed E-state index contributed by atoms with van der Waals surface area (Å²) in [5, 5.41) is 0. The van der Waals surface area contributed by atoms with Crippen molar-refractivity contribution < 1.29 is 28.5 Å². The van der Waals surface area contributed by atoms with Crippen molar-refractivity contribution in [3.8, 4) is 5.75 Å². The maximum absolute atomic E-state index is 12.9. The number of epoxide rings is 2. The summed E-state index contributed by atoms with van der Waals surface area (Å²) in [5.74, 6) is 1.23. The summed E-state index contributed by atoms with van der Waals surface area (Å²) in [6, 6.07) is 7.57. The molecule has 6 heteroatoms. The zero-order chi connectivity index (χ0) is 24.5. The number of esters is 1. The predicted octanol–water partition coefficient (Wildman–Crippen LogP) is 5.04. The molecule has 34 heavy (non-hydrogen) atoms. The molecule has 0 N–H and O–H groups in total. The Bertz CT molecular complexity index is 891. The number of methoxy groups -OCH3 is 2. The number of benzene rings is 1. The van der Waals surface area contributed by atoms with Gasteiger partial charge in [0.25, 0.3) is 0 Å². The van der Waals surface area contributed by atoms with Crippen LogP contribution in [-0.4, -0.2) is 56.3 Å². The lowest BCUT2D eigenvalue weighted by Crippen LogP contribution is -2.59. The SMILES string of the molecule is CCC1CC2(CO2)C([C@@]2(C)O[C@@H]2CCC(C)C)C(OC)C1OC(=O)C=Cc1cccc(OC)c1. The highest BCUT2D eigenvalue weighted by atomic mass is 16.6. The van der Waals surface area contributed by atoms with Crippen molar-refractivity contribution in [1.82, 2.24) is 0 Å². The summed E-state index contributed by atoms with van der Waals surface area (Å²) in [6.07, 6.45) is 6.74. The van der Waals surface area contributed by atoms with E-state index in [1.165, 1.54) is 6.08 Å². The first-order valence-electron chi connectivity index (χ1n) is 12.6. The topological polar surface area (TPSA) is 69.8 Å². The lowest BCUT2D eigenvalue weighted by atomic mass is 9.64. The zero-order valence-corrected chi connectivity index (χ0v) is 21.4. The molecule has 6 nitrogen and oxygen atoms in total. The van der Waals surface area contributed by atoms with Gasteiger partial charge in [0.05, 0.1) is 25.7 Å². The van der Waals surface area contributed by atoms with Gasteiger partial charge in [-0.2, -0.15) is 0 Å². The van der Waals surface area contributed by atoms with Crippen molar-refractivity contribution in [1.29, 1.82) is 0 Å². The first-order chi connectivity index (χ1) is 16.3. The van der Waals surface area contributed by atoms with E-state index in [2.05, 4.69) is 27.7 Å². The van der Waals surface area contributed by atoms with Gasteiger partial charge in [-0.3, -0.25) is 0 Å². The maximum atomic E-state index is 12.9. The quantitative estimate of drug-likeness (QED) is 0.270. The maximum Gasteiger partial charge on any atom is 0.331 e. The highest BCUT2D eigenvalue weighted by molar-refractivity contribution is 5.87. The number of ether oxygens (including phenoxy) is 5. The van der Waals surface area contributed by atoms with Crippen molar-refractivity contribution in [3.63, 3.8) is 0 Å². The summed E-state index contributed by atoms with van der Waals surface area (Å²) in [6.45, 7) is 9.53. The molecule has 2 heterocycles. The molecule has 2 saturated heterocycles. The lowest BCUT2D eigenvalue weighted by molar-refractivity contribution is -0.178. The third kappa shape index (κ3) is 5.05. The van der Waals surface area contributed by atoms with Crippen LogP contribution in [0.25, 0.3) is 6.08 Å². The molecule has 2 aliphatic heterocycles. The van der Waals surface area contributed by atoms with Gasteiger partial charge < -0.3 is 23.7 Å². The van der Waals surface area contributed by atoms with Gasteiger partial charge in [-0.1, -0.05) is 32.9 Å². The molecule has 4 rings (SSSR count). The van der Waals surface area contributed by atoms with Gasteiger partial charge in [-0.15, -0.1) is 0 Å². The molecule has 1 saturated carbocycles. The van der Waals surface area contributed by atoms with Gasteiger partial charge in [0.15, 0.2) is 0 Å². The molecular weight excluding hydrogens is 432 g/mol. The van der Waals surface area contributed by atoms with E-state index in [-0.39, 0.29) is 47.3 Å². The first kappa shape index (κ1) is 25.2. The Kier molecular flexibility index (Phi) is 7.41. The van der Waals surface area contributed by atoms with Crippen molar-refractivity contribution in [2.24, 2.45) is 17.8 Å². The van der Waals surface area contributed by atoms with E-state index in [1.54, 1.807) is 20.3 Å². The van der Waals surface area contributed by atoms with E-state index >= 15 is 0 Å². The van der Waals surface area contributed by atoms with Gasteiger partial charge in [0.1, 0.15) is 29.2 Å². The second-order valence-electron chi connectivity index (χ2n) is 10.7. The van der Waals surface area contributed by atoms with Crippen molar-refractivity contribution in [2.75, 3.05) is 20.8 Å². The molecule has 0 aromatic heterocycles. The van der Waals surface area contributed by atoms with E-state index in [9.17, 15) is 4.79 Å². The van der Waals surface area contributed by atoms with E-state index < -0.39 is 0 Å². The van der Waals surface area contributed by atoms with Crippen molar-refractivity contribution in [2.45, 2.75) is 82.9 Å². The first-order valence-corrected chi connectivity index (χ1v) is 12.6. The smallest absolute Gasteiger partial charge is 0.331 e. The van der Waals surface area contributed by atoms with E-state index in [0.717, 1.165) is 43.6 Å². The van der Waals surface area contributed by atoms with E-state index in [1.807, 2.05) is 24.3 Å². The van der Waals surface area contributed by atoms with Crippen LogP contribution in [0.4, 0.5) is 0 Å². The Morgan fingerprint density at radius 1 is 1.26 bits per heavy atom. The molecule has 1 aliphatic carbocycles. The molecule has 1 spiro atoms. The molecule has 0 amide bonds. The molecule has 1 aromatic rings. The van der Waals surface area contributed by atoms with Gasteiger partial charge in [-0.25, -0.2) is 4.79 Å². The number of hydrogen-bond donors (Lipinski definition) is 0. The van der Waals surface area contributed by atoms with Crippen LogP contribution in [0.15, 0.2) is 30.3 Å². The number of hydrogen-bond acceptors (Lipinski definition) is 6. The molecule has 7 atom stereocenters. The largest absolute Gasteiger partial charge is 0.497 e. The van der Waals surface area contributed by atoms with Gasteiger partial charge >= 0.3 is 5.97 Å². The number of carbonyl (C=O) groups excluding carboxylic acids is 1. The summed E-state index contributed by atoms with van der Waals surface area (Å²) in [7, 11) is 3.34. The van der Waals surface area contributed by atoms with E-state index in [4.69, 9.17) is 23.7 Å². The van der Waals surface area contributed by atoms with Crippen LogP contribution in [0.1, 0.15) is 58.9 Å². The van der Waals surface area contributed by atoms with Crippen LogP contribution < -0.4 is 4.74 Å². The third-order valence-electron chi connectivity index (χ3n) is 7.96.